The highest BCUT2D eigenvalue weighted by molar-refractivity contribution is 5.98. The molecule has 0 aliphatic carbocycles. The number of hydrogen-bond acceptors (Lipinski definition) is 5. The van der Waals surface area contributed by atoms with E-state index in [-0.39, 0.29) is 5.84 Å². The number of ether oxygens (including phenoxy) is 2. The number of amidine groups is 1. The third kappa shape index (κ3) is 3.44. The Balaban J connectivity index is 2.22. The van der Waals surface area contributed by atoms with Crippen molar-refractivity contribution in [2.45, 2.75) is 0 Å². The molecule has 0 aliphatic heterocycles. The standard InChI is InChI=1S/C20H20N4O2/c1-25-16-8-7-14(11-17(16)26-2)20-15-6-4-3-5-13(15)12-19(24-20)23-18(22)9-10-21/h3-12H,21H2,1-2H3,(H2,22,23,24)/b10-9-. The highest BCUT2D eigenvalue weighted by Crippen LogP contribution is 2.35. The molecule has 0 saturated carbocycles. The van der Waals surface area contributed by atoms with Gasteiger partial charge in [0.25, 0.3) is 0 Å². The van der Waals surface area contributed by atoms with Crippen LogP contribution in [0.2, 0.25) is 0 Å². The molecule has 0 unspecified atom stereocenters. The molecule has 0 radical (unpaired) electrons. The highest BCUT2D eigenvalue weighted by Gasteiger charge is 2.11. The van der Waals surface area contributed by atoms with Crippen LogP contribution in [0.3, 0.4) is 0 Å². The van der Waals surface area contributed by atoms with Crippen molar-refractivity contribution in [1.82, 2.24) is 4.98 Å². The summed E-state index contributed by atoms with van der Waals surface area (Å²) in [5.74, 6) is 2.08. The number of methoxy groups -OCH3 is 2. The number of rotatable bonds is 5. The van der Waals surface area contributed by atoms with E-state index in [0.717, 1.165) is 22.0 Å². The molecule has 0 saturated heterocycles. The first-order valence-corrected chi connectivity index (χ1v) is 8.01. The van der Waals surface area contributed by atoms with Crippen LogP contribution in [0, 0.1) is 0 Å². The second-order valence-corrected chi connectivity index (χ2v) is 5.52. The first-order chi connectivity index (χ1) is 12.7. The number of nitrogens with zero attached hydrogens (tertiary/aromatic N) is 2. The predicted molar refractivity (Wildman–Crippen MR) is 105 cm³/mol. The van der Waals surface area contributed by atoms with Crippen molar-refractivity contribution in [3.05, 3.63) is 60.8 Å². The van der Waals surface area contributed by atoms with Gasteiger partial charge in [-0.05, 0) is 41.9 Å². The normalized spacial score (nSPS) is 11.8. The Hall–Kier alpha value is -3.54. The first kappa shape index (κ1) is 17.3. The van der Waals surface area contributed by atoms with Crippen molar-refractivity contribution in [2.75, 3.05) is 14.2 Å². The summed E-state index contributed by atoms with van der Waals surface area (Å²) >= 11 is 0. The molecular formula is C20H20N4O2. The quantitative estimate of drug-likeness (QED) is 0.544. The third-order valence-corrected chi connectivity index (χ3v) is 3.89. The third-order valence-electron chi connectivity index (χ3n) is 3.89. The second-order valence-electron chi connectivity index (χ2n) is 5.52. The van der Waals surface area contributed by atoms with E-state index in [1.165, 1.54) is 12.3 Å². The molecule has 0 bridgehead atoms. The monoisotopic (exact) mass is 348 g/mol. The smallest absolute Gasteiger partial charge is 0.161 e. The molecule has 6 nitrogen and oxygen atoms in total. The molecule has 0 fully saturated rings. The molecule has 0 amide bonds. The number of benzene rings is 2. The summed E-state index contributed by atoms with van der Waals surface area (Å²) in [7, 11) is 3.21. The molecule has 3 rings (SSSR count). The Morgan fingerprint density at radius 1 is 1.04 bits per heavy atom. The minimum atomic E-state index is 0.286. The fourth-order valence-electron chi connectivity index (χ4n) is 2.71. The van der Waals surface area contributed by atoms with E-state index in [0.29, 0.717) is 17.3 Å². The molecule has 0 spiro atoms. The van der Waals surface area contributed by atoms with Crippen molar-refractivity contribution >= 4 is 22.4 Å². The lowest BCUT2D eigenvalue weighted by Gasteiger charge is -2.11. The van der Waals surface area contributed by atoms with E-state index in [4.69, 9.17) is 20.9 Å². The van der Waals surface area contributed by atoms with Crippen LogP contribution in [-0.4, -0.2) is 25.0 Å². The molecule has 1 aromatic heterocycles. The topological polar surface area (TPSA) is 95.8 Å². The Bertz CT molecular complexity index is 996. The van der Waals surface area contributed by atoms with Crippen molar-refractivity contribution < 1.29 is 9.47 Å². The Labute approximate surface area is 151 Å². The Kier molecular flexibility index (Phi) is 5.03. The number of aliphatic imine (C=N–C) groups is 1. The lowest BCUT2D eigenvalue weighted by Crippen LogP contribution is -2.07. The molecule has 3 aromatic rings. The lowest BCUT2D eigenvalue weighted by atomic mass is 10.0. The fourth-order valence-corrected chi connectivity index (χ4v) is 2.71. The number of nitrogens with two attached hydrogens (primary N) is 2. The second kappa shape index (κ2) is 7.57. The summed E-state index contributed by atoms with van der Waals surface area (Å²) in [6.45, 7) is 0. The molecule has 132 valence electrons. The van der Waals surface area contributed by atoms with Gasteiger partial charge in [-0.15, -0.1) is 0 Å². The van der Waals surface area contributed by atoms with E-state index < -0.39 is 0 Å². The zero-order valence-corrected chi connectivity index (χ0v) is 14.6. The SMILES string of the molecule is COc1ccc(-c2nc(/N=C(N)\C=C/N)cc3ccccc23)cc1OC. The summed E-state index contributed by atoms with van der Waals surface area (Å²) < 4.78 is 10.7. The zero-order chi connectivity index (χ0) is 18.5. The van der Waals surface area contributed by atoms with Crippen LogP contribution in [-0.2, 0) is 0 Å². The van der Waals surface area contributed by atoms with Gasteiger partial charge in [0, 0.05) is 10.9 Å². The van der Waals surface area contributed by atoms with Crippen molar-refractivity contribution in [3.8, 4) is 22.8 Å². The molecule has 0 atom stereocenters. The summed E-state index contributed by atoms with van der Waals surface area (Å²) in [5, 5.41) is 2.02. The van der Waals surface area contributed by atoms with E-state index in [1.54, 1.807) is 14.2 Å². The van der Waals surface area contributed by atoms with Gasteiger partial charge in [-0.2, -0.15) is 0 Å². The van der Waals surface area contributed by atoms with Crippen molar-refractivity contribution in [1.29, 1.82) is 0 Å². The summed E-state index contributed by atoms with van der Waals surface area (Å²) in [6.07, 6.45) is 2.86. The maximum Gasteiger partial charge on any atom is 0.161 e. The number of hydrogen-bond donors (Lipinski definition) is 2. The van der Waals surface area contributed by atoms with Crippen LogP contribution in [0.15, 0.2) is 65.8 Å². The fraction of sp³-hybridized carbons (Fsp3) is 0.100. The van der Waals surface area contributed by atoms with Crippen molar-refractivity contribution in [3.63, 3.8) is 0 Å². The molecular weight excluding hydrogens is 328 g/mol. The highest BCUT2D eigenvalue weighted by atomic mass is 16.5. The van der Waals surface area contributed by atoms with Gasteiger partial charge in [-0.25, -0.2) is 9.98 Å². The molecule has 0 aliphatic rings. The molecule has 2 aromatic carbocycles. The Morgan fingerprint density at radius 2 is 1.81 bits per heavy atom. The Morgan fingerprint density at radius 3 is 2.54 bits per heavy atom. The van der Waals surface area contributed by atoms with Gasteiger partial charge in [-0.1, -0.05) is 24.3 Å². The van der Waals surface area contributed by atoms with E-state index >= 15 is 0 Å². The van der Waals surface area contributed by atoms with Crippen LogP contribution in [0.4, 0.5) is 5.82 Å². The summed E-state index contributed by atoms with van der Waals surface area (Å²) in [5.41, 5.74) is 12.9. The molecule has 4 N–H and O–H groups in total. The maximum atomic E-state index is 5.84. The van der Waals surface area contributed by atoms with Crippen LogP contribution in [0.5, 0.6) is 11.5 Å². The van der Waals surface area contributed by atoms with Gasteiger partial charge in [0.2, 0.25) is 0 Å². The number of fused-ring (bicyclic) bond motifs is 1. The number of pyridine rings is 1. The van der Waals surface area contributed by atoms with Crippen LogP contribution >= 0.6 is 0 Å². The van der Waals surface area contributed by atoms with Gasteiger partial charge in [-0.3, -0.25) is 0 Å². The molecule has 1 heterocycles. The average Bonchev–Trinajstić information content (AvgIpc) is 2.67. The summed E-state index contributed by atoms with van der Waals surface area (Å²) in [6, 6.07) is 15.5. The maximum absolute atomic E-state index is 5.84. The van der Waals surface area contributed by atoms with Crippen LogP contribution in [0.25, 0.3) is 22.0 Å². The first-order valence-electron chi connectivity index (χ1n) is 8.01. The van der Waals surface area contributed by atoms with Gasteiger partial charge in [0.05, 0.1) is 19.9 Å². The van der Waals surface area contributed by atoms with E-state index in [1.807, 2.05) is 48.5 Å². The average molecular weight is 348 g/mol. The number of aromatic nitrogens is 1. The van der Waals surface area contributed by atoms with E-state index in [2.05, 4.69) is 9.98 Å². The van der Waals surface area contributed by atoms with Crippen LogP contribution in [0.1, 0.15) is 0 Å². The summed E-state index contributed by atoms with van der Waals surface area (Å²) in [4.78, 5) is 9.01. The predicted octanol–water partition coefficient (Wildman–Crippen LogP) is 3.38. The van der Waals surface area contributed by atoms with Gasteiger partial charge < -0.3 is 20.9 Å². The lowest BCUT2D eigenvalue weighted by molar-refractivity contribution is 0.355. The molecule has 26 heavy (non-hydrogen) atoms. The van der Waals surface area contributed by atoms with Crippen LogP contribution < -0.4 is 20.9 Å². The van der Waals surface area contributed by atoms with Gasteiger partial charge in [0.1, 0.15) is 5.84 Å². The minimum Gasteiger partial charge on any atom is -0.493 e. The van der Waals surface area contributed by atoms with E-state index in [9.17, 15) is 0 Å². The molecule has 6 heteroatoms. The van der Waals surface area contributed by atoms with Crippen molar-refractivity contribution in [2.24, 2.45) is 16.5 Å². The zero-order valence-electron chi connectivity index (χ0n) is 14.6. The van der Waals surface area contributed by atoms with Gasteiger partial charge in [0.15, 0.2) is 17.3 Å². The van der Waals surface area contributed by atoms with Gasteiger partial charge >= 0.3 is 0 Å². The largest absolute Gasteiger partial charge is 0.493 e. The minimum absolute atomic E-state index is 0.286.